The van der Waals surface area contributed by atoms with E-state index < -0.39 is 22.6 Å². The van der Waals surface area contributed by atoms with Crippen LogP contribution in [0.1, 0.15) is 16.1 Å². The Bertz CT molecular complexity index is 835. The number of carbonyl (C=O) groups excluding carboxylic acids is 1. The first kappa shape index (κ1) is 12.8. The SMILES string of the molecule is Cc1cc2c(F)c(O)ccc2n1C(=O)c1csc(F)c1. The van der Waals surface area contributed by atoms with Crippen LogP contribution in [0.4, 0.5) is 8.78 Å². The van der Waals surface area contributed by atoms with Crippen LogP contribution in [0.2, 0.25) is 0 Å². The van der Waals surface area contributed by atoms with E-state index in [2.05, 4.69) is 0 Å². The number of aromatic nitrogens is 1. The maximum Gasteiger partial charge on any atom is 0.263 e. The topological polar surface area (TPSA) is 42.2 Å². The molecule has 1 N–H and O–H groups in total. The van der Waals surface area contributed by atoms with Gasteiger partial charge in [0.1, 0.15) is 0 Å². The summed E-state index contributed by atoms with van der Waals surface area (Å²) in [7, 11) is 0. The third kappa shape index (κ3) is 1.80. The lowest BCUT2D eigenvalue weighted by molar-refractivity contribution is 0.0963. The molecule has 3 rings (SSSR count). The third-order valence-corrected chi connectivity index (χ3v) is 3.82. The average molecular weight is 293 g/mol. The van der Waals surface area contributed by atoms with Crippen molar-refractivity contribution in [2.45, 2.75) is 6.92 Å². The summed E-state index contributed by atoms with van der Waals surface area (Å²) in [6, 6.07) is 5.27. The van der Waals surface area contributed by atoms with Crippen molar-refractivity contribution < 1.29 is 18.7 Å². The molecule has 0 saturated heterocycles. The van der Waals surface area contributed by atoms with Crippen LogP contribution in [0, 0.1) is 17.9 Å². The molecule has 20 heavy (non-hydrogen) atoms. The molecule has 102 valence electrons. The first-order valence-corrected chi connectivity index (χ1v) is 6.65. The van der Waals surface area contributed by atoms with Crippen molar-refractivity contribution in [2.75, 3.05) is 0 Å². The molecule has 0 saturated carbocycles. The van der Waals surface area contributed by atoms with Gasteiger partial charge in [-0.25, -0.2) is 4.39 Å². The number of fused-ring (bicyclic) bond motifs is 1. The van der Waals surface area contributed by atoms with Gasteiger partial charge in [-0.3, -0.25) is 9.36 Å². The number of aryl methyl sites for hydroxylation is 1. The molecule has 2 heterocycles. The Morgan fingerprint density at radius 3 is 2.70 bits per heavy atom. The second-order valence-corrected chi connectivity index (χ2v) is 5.26. The van der Waals surface area contributed by atoms with Gasteiger partial charge in [-0.1, -0.05) is 0 Å². The first-order valence-electron chi connectivity index (χ1n) is 5.77. The van der Waals surface area contributed by atoms with Crippen LogP contribution in [0.5, 0.6) is 5.75 Å². The minimum Gasteiger partial charge on any atom is -0.505 e. The number of nitrogens with zero attached hydrogens (tertiary/aromatic N) is 1. The summed E-state index contributed by atoms with van der Waals surface area (Å²) in [6.07, 6.45) is 0. The van der Waals surface area contributed by atoms with Crippen molar-refractivity contribution in [3.8, 4) is 5.75 Å². The highest BCUT2D eigenvalue weighted by atomic mass is 32.1. The lowest BCUT2D eigenvalue weighted by atomic mass is 10.2. The molecule has 1 aromatic carbocycles. The minimum absolute atomic E-state index is 0.159. The summed E-state index contributed by atoms with van der Waals surface area (Å²) >= 11 is 0.832. The fourth-order valence-corrected chi connectivity index (χ4v) is 2.79. The molecule has 0 atom stereocenters. The Morgan fingerprint density at radius 2 is 2.05 bits per heavy atom. The fourth-order valence-electron chi connectivity index (χ4n) is 2.19. The Labute approximate surface area is 116 Å². The van der Waals surface area contributed by atoms with Crippen molar-refractivity contribution in [3.05, 3.63) is 51.9 Å². The zero-order valence-electron chi connectivity index (χ0n) is 10.4. The van der Waals surface area contributed by atoms with E-state index in [1.54, 1.807) is 6.92 Å². The van der Waals surface area contributed by atoms with Gasteiger partial charge in [-0.05, 0) is 31.2 Å². The van der Waals surface area contributed by atoms with Crippen LogP contribution in [0.25, 0.3) is 10.9 Å². The average Bonchev–Trinajstić information content (AvgIpc) is 2.97. The van der Waals surface area contributed by atoms with Crippen molar-refractivity contribution >= 4 is 28.1 Å². The molecule has 0 fully saturated rings. The number of carbonyl (C=O) groups is 1. The number of hydrogen-bond donors (Lipinski definition) is 1. The van der Waals surface area contributed by atoms with Crippen LogP contribution in [-0.2, 0) is 0 Å². The van der Waals surface area contributed by atoms with Gasteiger partial charge in [0.15, 0.2) is 16.7 Å². The van der Waals surface area contributed by atoms with Crippen molar-refractivity contribution in [1.82, 2.24) is 4.57 Å². The quantitative estimate of drug-likeness (QED) is 0.743. The normalized spacial score (nSPS) is 11.2. The van der Waals surface area contributed by atoms with Crippen molar-refractivity contribution in [3.63, 3.8) is 0 Å². The molecule has 0 amide bonds. The molecular formula is C14H9F2NO2S. The van der Waals surface area contributed by atoms with Crippen LogP contribution >= 0.6 is 11.3 Å². The van der Waals surface area contributed by atoms with Crippen molar-refractivity contribution in [2.24, 2.45) is 0 Å². The van der Waals surface area contributed by atoms with Gasteiger partial charge in [0, 0.05) is 16.5 Å². The second kappa shape index (κ2) is 4.42. The van der Waals surface area contributed by atoms with Gasteiger partial charge in [0.05, 0.1) is 11.1 Å². The monoisotopic (exact) mass is 293 g/mol. The zero-order chi connectivity index (χ0) is 14.4. The van der Waals surface area contributed by atoms with E-state index in [1.807, 2.05) is 0 Å². The largest absolute Gasteiger partial charge is 0.505 e. The van der Waals surface area contributed by atoms with Gasteiger partial charge in [0.25, 0.3) is 5.91 Å². The number of aromatic hydroxyl groups is 1. The summed E-state index contributed by atoms with van der Waals surface area (Å²) in [6.45, 7) is 1.65. The number of thiophene rings is 1. The molecule has 0 aliphatic carbocycles. The molecule has 3 nitrogen and oxygen atoms in total. The Hall–Kier alpha value is -2.21. The van der Waals surface area contributed by atoms with E-state index in [4.69, 9.17) is 0 Å². The zero-order valence-corrected chi connectivity index (χ0v) is 11.2. The first-order chi connectivity index (χ1) is 9.49. The van der Waals surface area contributed by atoms with Crippen LogP contribution < -0.4 is 0 Å². The van der Waals surface area contributed by atoms with Gasteiger partial charge < -0.3 is 5.11 Å². The van der Waals surface area contributed by atoms with Crippen LogP contribution in [0.3, 0.4) is 0 Å². The summed E-state index contributed by atoms with van der Waals surface area (Å²) in [5.74, 6) is -1.67. The van der Waals surface area contributed by atoms with Gasteiger partial charge >= 0.3 is 0 Å². The summed E-state index contributed by atoms with van der Waals surface area (Å²) < 4.78 is 28.2. The number of phenols is 1. The van der Waals surface area contributed by atoms with Gasteiger partial charge in [-0.2, -0.15) is 4.39 Å². The van der Waals surface area contributed by atoms with E-state index >= 15 is 0 Å². The highest BCUT2D eigenvalue weighted by Gasteiger charge is 2.19. The van der Waals surface area contributed by atoms with E-state index in [1.165, 1.54) is 28.1 Å². The van der Waals surface area contributed by atoms with E-state index in [-0.39, 0.29) is 10.9 Å². The van der Waals surface area contributed by atoms with Gasteiger partial charge in [-0.15, -0.1) is 11.3 Å². The highest BCUT2D eigenvalue weighted by Crippen LogP contribution is 2.29. The molecule has 0 spiro atoms. The molecule has 0 unspecified atom stereocenters. The van der Waals surface area contributed by atoms with E-state index in [0.717, 1.165) is 17.4 Å². The third-order valence-electron chi connectivity index (χ3n) is 3.10. The summed E-state index contributed by atoms with van der Waals surface area (Å²) in [5, 5.41) is 10.5. The number of hydrogen-bond acceptors (Lipinski definition) is 3. The molecule has 6 heteroatoms. The van der Waals surface area contributed by atoms with Crippen LogP contribution in [0.15, 0.2) is 29.6 Å². The molecule has 0 aliphatic rings. The Morgan fingerprint density at radius 1 is 1.30 bits per heavy atom. The summed E-state index contributed by atoms with van der Waals surface area (Å²) in [5.41, 5.74) is 1.07. The number of benzene rings is 1. The maximum atomic E-state index is 13.8. The smallest absolute Gasteiger partial charge is 0.263 e. The molecule has 3 aromatic rings. The molecule has 0 radical (unpaired) electrons. The Kier molecular flexibility index (Phi) is 2.83. The highest BCUT2D eigenvalue weighted by molar-refractivity contribution is 7.08. The van der Waals surface area contributed by atoms with Gasteiger partial charge in [0.2, 0.25) is 0 Å². The van der Waals surface area contributed by atoms with Crippen LogP contribution in [-0.4, -0.2) is 15.6 Å². The summed E-state index contributed by atoms with van der Waals surface area (Å²) in [4.78, 5) is 12.4. The number of phenolic OH excluding ortho intramolecular Hbond substituents is 1. The molecular weight excluding hydrogens is 284 g/mol. The standard InChI is InChI=1S/C14H9F2NO2S/c1-7-4-9-10(2-3-11(18)13(9)16)17(7)14(19)8-5-12(15)20-6-8/h2-6,18H,1H3. The molecule has 2 aromatic heterocycles. The number of rotatable bonds is 1. The lowest BCUT2D eigenvalue weighted by Gasteiger charge is -2.05. The fraction of sp³-hybridized carbons (Fsp3) is 0.0714. The lowest BCUT2D eigenvalue weighted by Crippen LogP contribution is -2.12. The predicted molar refractivity (Wildman–Crippen MR) is 72.3 cm³/mol. The molecule has 0 aliphatic heterocycles. The molecule has 0 bridgehead atoms. The van der Waals surface area contributed by atoms with E-state index in [9.17, 15) is 18.7 Å². The van der Waals surface area contributed by atoms with Crippen molar-refractivity contribution in [1.29, 1.82) is 0 Å². The minimum atomic E-state index is -0.770. The Balaban J connectivity index is 2.24. The van der Waals surface area contributed by atoms with E-state index in [0.29, 0.717) is 11.2 Å². The second-order valence-electron chi connectivity index (χ2n) is 4.40. The maximum absolute atomic E-state index is 13.8. The predicted octanol–water partition coefficient (Wildman–Crippen LogP) is 3.68. The number of halogens is 2.